The van der Waals surface area contributed by atoms with Gasteiger partial charge in [-0.25, -0.2) is 10.2 Å². The van der Waals surface area contributed by atoms with Gasteiger partial charge >= 0.3 is 6.09 Å². The first-order chi connectivity index (χ1) is 3.79. The highest BCUT2D eigenvalue weighted by Crippen LogP contribution is 2.17. The van der Waals surface area contributed by atoms with Gasteiger partial charge in [0.25, 0.3) is 0 Å². The molecule has 1 fully saturated rings. The molecular weight excluding hydrogens is 108 g/mol. The van der Waals surface area contributed by atoms with Crippen LogP contribution in [0.3, 0.4) is 0 Å². The van der Waals surface area contributed by atoms with Crippen molar-refractivity contribution < 1.29 is 9.90 Å². The third-order valence-corrected chi connectivity index (χ3v) is 0.961. The minimum atomic E-state index is -1.02. The number of nitrogens with one attached hydrogen (secondary N) is 2. The van der Waals surface area contributed by atoms with Gasteiger partial charge in [-0.2, -0.15) is 0 Å². The minimum absolute atomic E-state index is 0.395. The molecule has 0 spiro atoms. The van der Waals surface area contributed by atoms with Gasteiger partial charge in [0.15, 0.2) is 0 Å². The summed E-state index contributed by atoms with van der Waals surface area (Å²) in [6.07, 6.45) is 1.15. The molecule has 0 aromatic rings. The van der Waals surface area contributed by atoms with Crippen molar-refractivity contribution in [1.82, 2.24) is 10.9 Å². The van der Waals surface area contributed by atoms with E-state index >= 15 is 0 Å². The summed E-state index contributed by atoms with van der Waals surface area (Å²) in [6, 6.07) is 0.395. The van der Waals surface area contributed by atoms with Crippen LogP contribution in [0.4, 0.5) is 4.79 Å². The van der Waals surface area contributed by atoms with E-state index in [1.165, 1.54) is 0 Å². The molecule has 1 saturated carbocycles. The molecule has 8 heavy (non-hydrogen) atoms. The van der Waals surface area contributed by atoms with Gasteiger partial charge in [-0.1, -0.05) is 0 Å². The van der Waals surface area contributed by atoms with Gasteiger partial charge in [-0.15, -0.1) is 0 Å². The molecule has 0 aromatic carbocycles. The number of hydrazine groups is 1. The Morgan fingerprint density at radius 2 is 2.25 bits per heavy atom. The van der Waals surface area contributed by atoms with Crippen molar-refractivity contribution in [2.45, 2.75) is 18.9 Å². The zero-order valence-electron chi connectivity index (χ0n) is 4.35. The number of hydrogen-bond acceptors (Lipinski definition) is 2. The summed E-state index contributed by atoms with van der Waals surface area (Å²) in [7, 11) is 0. The summed E-state index contributed by atoms with van der Waals surface area (Å²) in [4.78, 5) is 9.76. The zero-order valence-corrected chi connectivity index (χ0v) is 4.35. The normalized spacial score (nSPS) is 18.0. The molecule has 0 bridgehead atoms. The van der Waals surface area contributed by atoms with Gasteiger partial charge in [0.1, 0.15) is 0 Å². The van der Waals surface area contributed by atoms with Gasteiger partial charge in [-0.05, 0) is 12.8 Å². The second-order valence-electron chi connectivity index (χ2n) is 1.85. The van der Waals surface area contributed by atoms with Gasteiger partial charge < -0.3 is 5.11 Å². The predicted octanol–water partition coefficient (Wildman–Crippen LogP) is -0.0790. The SMILES string of the molecule is O=C(O)NNC1CC1. The van der Waals surface area contributed by atoms with E-state index in [-0.39, 0.29) is 0 Å². The lowest BCUT2D eigenvalue weighted by atomic mass is 10.8. The Labute approximate surface area is 46.9 Å². The lowest BCUT2D eigenvalue weighted by Gasteiger charge is -1.97. The standard InChI is InChI=1S/C4H8N2O2/c7-4(8)6-5-3-1-2-3/h3,5-6H,1-2H2,(H,7,8). The highest BCUT2D eigenvalue weighted by atomic mass is 16.4. The molecule has 0 radical (unpaired) electrons. The van der Waals surface area contributed by atoms with Crippen molar-refractivity contribution in [2.75, 3.05) is 0 Å². The van der Waals surface area contributed by atoms with Crippen LogP contribution in [0.1, 0.15) is 12.8 Å². The maximum Gasteiger partial charge on any atom is 0.419 e. The molecule has 0 unspecified atom stereocenters. The van der Waals surface area contributed by atoms with E-state index in [0.717, 1.165) is 12.8 Å². The Bertz CT molecular complexity index is 100. The van der Waals surface area contributed by atoms with Crippen molar-refractivity contribution in [2.24, 2.45) is 0 Å². The molecule has 0 heterocycles. The molecule has 1 rings (SSSR count). The summed E-state index contributed by atoms with van der Waals surface area (Å²) in [6.45, 7) is 0. The Hall–Kier alpha value is -0.770. The van der Waals surface area contributed by atoms with E-state index < -0.39 is 6.09 Å². The fraction of sp³-hybridized carbons (Fsp3) is 0.750. The third-order valence-electron chi connectivity index (χ3n) is 0.961. The van der Waals surface area contributed by atoms with Gasteiger partial charge in [-0.3, -0.25) is 5.43 Å². The van der Waals surface area contributed by atoms with Gasteiger partial charge in [0.2, 0.25) is 0 Å². The molecule has 0 atom stereocenters. The van der Waals surface area contributed by atoms with Crippen LogP contribution in [0.25, 0.3) is 0 Å². The topological polar surface area (TPSA) is 61.4 Å². The number of carbonyl (C=O) groups is 1. The van der Waals surface area contributed by atoms with E-state index in [0.29, 0.717) is 6.04 Å². The third kappa shape index (κ3) is 1.79. The van der Waals surface area contributed by atoms with Crippen molar-refractivity contribution in [3.8, 4) is 0 Å². The lowest BCUT2D eigenvalue weighted by molar-refractivity contribution is 0.188. The molecule has 1 aliphatic rings. The van der Waals surface area contributed by atoms with Crippen molar-refractivity contribution in [3.63, 3.8) is 0 Å². The van der Waals surface area contributed by atoms with Crippen LogP contribution >= 0.6 is 0 Å². The molecule has 4 nitrogen and oxygen atoms in total. The van der Waals surface area contributed by atoms with Crippen molar-refractivity contribution in [3.05, 3.63) is 0 Å². The molecule has 0 saturated heterocycles. The summed E-state index contributed by atoms with van der Waals surface area (Å²) in [5.41, 5.74) is 4.68. The lowest BCUT2D eigenvalue weighted by Crippen LogP contribution is -2.37. The van der Waals surface area contributed by atoms with Crippen LogP contribution < -0.4 is 10.9 Å². The van der Waals surface area contributed by atoms with Crippen LogP contribution in [0, 0.1) is 0 Å². The first-order valence-corrected chi connectivity index (χ1v) is 2.53. The van der Waals surface area contributed by atoms with E-state index in [4.69, 9.17) is 5.11 Å². The summed E-state index contributed by atoms with van der Waals surface area (Å²) >= 11 is 0. The van der Waals surface area contributed by atoms with E-state index in [2.05, 4.69) is 10.9 Å². The van der Waals surface area contributed by atoms with Crippen LogP contribution in [0.5, 0.6) is 0 Å². The van der Waals surface area contributed by atoms with E-state index in [1.807, 2.05) is 0 Å². The molecule has 0 aromatic heterocycles. The molecular formula is C4H8N2O2. The second kappa shape index (κ2) is 2.00. The maximum absolute atomic E-state index is 9.76. The molecule has 3 N–H and O–H groups in total. The first kappa shape index (κ1) is 5.37. The molecule has 1 aliphatic carbocycles. The molecule has 0 aliphatic heterocycles. The van der Waals surface area contributed by atoms with Crippen molar-refractivity contribution in [1.29, 1.82) is 0 Å². The molecule has 4 heteroatoms. The minimum Gasteiger partial charge on any atom is -0.464 e. The van der Waals surface area contributed by atoms with Crippen LogP contribution in [-0.2, 0) is 0 Å². The Morgan fingerprint density at radius 3 is 2.62 bits per heavy atom. The van der Waals surface area contributed by atoms with Gasteiger partial charge in [0, 0.05) is 6.04 Å². The monoisotopic (exact) mass is 116 g/mol. The number of rotatable bonds is 2. The van der Waals surface area contributed by atoms with Crippen LogP contribution in [0.15, 0.2) is 0 Å². The fourth-order valence-corrected chi connectivity index (χ4v) is 0.391. The Kier molecular flexibility index (Phi) is 1.34. The van der Waals surface area contributed by atoms with Crippen molar-refractivity contribution >= 4 is 6.09 Å². The summed E-state index contributed by atoms with van der Waals surface area (Å²) in [5, 5.41) is 8.02. The summed E-state index contributed by atoms with van der Waals surface area (Å²) < 4.78 is 0. The zero-order chi connectivity index (χ0) is 5.98. The average Bonchev–Trinajstić information content (AvgIpc) is 2.41. The highest BCUT2D eigenvalue weighted by molar-refractivity contribution is 5.63. The van der Waals surface area contributed by atoms with Crippen LogP contribution in [0.2, 0.25) is 0 Å². The number of amides is 1. The quantitative estimate of drug-likeness (QED) is 0.442. The highest BCUT2D eigenvalue weighted by Gasteiger charge is 2.20. The van der Waals surface area contributed by atoms with Crippen LogP contribution in [-0.4, -0.2) is 17.2 Å². The first-order valence-electron chi connectivity index (χ1n) is 2.53. The maximum atomic E-state index is 9.76. The fourth-order valence-electron chi connectivity index (χ4n) is 0.391. The smallest absolute Gasteiger partial charge is 0.419 e. The van der Waals surface area contributed by atoms with E-state index in [1.54, 1.807) is 0 Å². The largest absolute Gasteiger partial charge is 0.464 e. The predicted molar refractivity (Wildman–Crippen MR) is 27.3 cm³/mol. The van der Waals surface area contributed by atoms with Gasteiger partial charge in [0.05, 0.1) is 0 Å². The van der Waals surface area contributed by atoms with E-state index in [9.17, 15) is 4.79 Å². The average molecular weight is 116 g/mol. The Balaban J connectivity index is 1.95. The molecule has 46 valence electrons. The second-order valence-corrected chi connectivity index (χ2v) is 1.85. The summed E-state index contributed by atoms with van der Waals surface area (Å²) in [5.74, 6) is 0. The number of hydrogen-bond donors (Lipinski definition) is 3. The molecule has 1 amide bonds. The Morgan fingerprint density at radius 1 is 1.62 bits per heavy atom. The number of carboxylic acid groups (broad SMARTS) is 1.